The van der Waals surface area contributed by atoms with Crippen LogP contribution in [0.2, 0.25) is 10.0 Å². The standard InChI is InChI=1S/C25H24Cl2N6O4/c1-12(2)32-18-7-5-14(26)9-16(18)22(24(32)36)30-28-20(34)11-21(35)29-31-23-17-10-15(27)6-8-19(17)33(13(3)4)25(23)37/h5-10,12-13,36-37H,11H2,1-4H3. The maximum absolute atomic E-state index is 12.3. The molecule has 0 unspecified atom stereocenters. The summed E-state index contributed by atoms with van der Waals surface area (Å²) in [4.78, 5) is 24.7. The van der Waals surface area contributed by atoms with Gasteiger partial charge in [0, 0.05) is 32.9 Å². The average molecular weight is 543 g/mol. The number of fused-ring (bicyclic) bond motifs is 2. The topological polar surface area (TPSA) is 134 Å². The van der Waals surface area contributed by atoms with Crippen molar-refractivity contribution >= 4 is 68.2 Å². The van der Waals surface area contributed by atoms with Crippen LogP contribution in [0.15, 0.2) is 56.9 Å². The van der Waals surface area contributed by atoms with Crippen LogP contribution in [-0.2, 0) is 9.59 Å². The summed E-state index contributed by atoms with van der Waals surface area (Å²) in [6, 6.07) is 9.86. The smallest absolute Gasteiger partial charge is 0.274 e. The Kier molecular flexibility index (Phi) is 7.33. The number of aromatic hydroxyl groups is 2. The second-order valence-electron chi connectivity index (χ2n) is 8.96. The zero-order valence-electron chi connectivity index (χ0n) is 20.5. The van der Waals surface area contributed by atoms with Crippen molar-refractivity contribution in [2.45, 2.75) is 46.2 Å². The van der Waals surface area contributed by atoms with Crippen molar-refractivity contribution in [3.8, 4) is 11.8 Å². The van der Waals surface area contributed by atoms with Crippen LogP contribution in [0.1, 0.15) is 46.2 Å². The monoisotopic (exact) mass is 542 g/mol. The number of carbonyl (C=O) groups is 2. The fourth-order valence-corrected chi connectivity index (χ4v) is 4.51. The van der Waals surface area contributed by atoms with Gasteiger partial charge in [0.1, 0.15) is 6.42 Å². The molecule has 0 atom stereocenters. The molecule has 192 valence electrons. The van der Waals surface area contributed by atoms with Gasteiger partial charge in [-0.2, -0.15) is 0 Å². The van der Waals surface area contributed by atoms with Crippen molar-refractivity contribution < 1.29 is 19.8 Å². The number of aromatic nitrogens is 2. The van der Waals surface area contributed by atoms with Crippen molar-refractivity contribution in [2.75, 3.05) is 0 Å². The number of carbonyl (C=O) groups excluding carboxylic acids is 2. The van der Waals surface area contributed by atoms with Gasteiger partial charge in [-0.1, -0.05) is 23.2 Å². The minimum atomic E-state index is -0.882. The fourth-order valence-electron chi connectivity index (χ4n) is 4.17. The van der Waals surface area contributed by atoms with Crippen LogP contribution in [0, 0.1) is 0 Å². The predicted molar refractivity (Wildman–Crippen MR) is 142 cm³/mol. The molecule has 10 nitrogen and oxygen atoms in total. The molecule has 0 spiro atoms. The van der Waals surface area contributed by atoms with Crippen molar-refractivity contribution in [1.82, 2.24) is 9.13 Å². The van der Waals surface area contributed by atoms with E-state index in [2.05, 4.69) is 20.5 Å². The van der Waals surface area contributed by atoms with Crippen LogP contribution in [0.4, 0.5) is 11.4 Å². The van der Waals surface area contributed by atoms with Gasteiger partial charge in [0.25, 0.3) is 11.8 Å². The highest BCUT2D eigenvalue weighted by atomic mass is 35.5. The summed E-state index contributed by atoms with van der Waals surface area (Å²) in [5.41, 5.74) is 1.47. The molecule has 0 fully saturated rings. The van der Waals surface area contributed by atoms with E-state index in [1.165, 1.54) is 0 Å². The van der Waals surface area contributed by atoms with Gasteiger partial charge in [-0.15, -0.1) is 20.5 Å². The van der Waals surface area contributed by atoms with E-state index in [1.807, 2.05) is 27.7 Å². The number of rotatable bonds is 6. The Bertz CT molecular complexity index is 1480. The van der Waals surface area contributed by atoms with E-state index >= 15 is 0 Å². The summed E-state index contributed by atoms with van der Waals surface area (Å²) in [5, 5.41) is 38.2. The lowest BCUT2D eigenvalue weighted by Gasteiger charge is -2.10. The molecule has 0 aliphatic carbocycles. The Morgan fingerprint density at radius 2 is 1.14 bits per heavy atom. The van der Waals surface area contributed by atoms with E-state index in [4.69, 9.17) is 23.2 Å². The molecule has 2 aromatic carbocycles. The van der Waals surface area contributed by atoms with Gasteiger partial charge in [0.05, 0.1) is 11.0 Å². The van der Waals surface area contributed by atoms with E-state index in [9.17, 15) is 19.8 Å². The second kappa shape index (κ2) is 10.3. The minimum absolute atomic E-state index is 0.0666. The molecule has 0 saturated carbocycles. The van der Waals surface area contributed by atoms with Gasteiger partial charge in [0.2, 0.25) is 11.8 Å². The highest BCUT2D eigenvalue weighted by Gasteiger charge is 2.21. The SMILES string of the molecule is CC(C)n1c(O)c(N=NC(=O)CC(=O)N=Nc2c(O)n(C(C)C)c3ccc(Cl)cc23)c2cc(Cl)ccc21. The molecule has 0 radical (unpaired) electrons. The zero-order valence-corrected chi connectivity index (χ0v) is 22.0. The summed E-state index contributed by atoms with van der Waals surface area (Å²) < 4.78 is 3.27. The molecule has 4 aromatic rings. The summed E-state index contributed by atoms with van der Waals surface area (Å²) in [5.74, 6) is -2.11. The molecule has 0 aliphatic rings. The Morgan fingerprint density at radius 1 is 0.757 bits per heavy atom. The number of halogens is 2. The molecule has 2 heterocycles. The molecular formula is C25H24Cl2N6O4. The number of hydrogen-bond donors (Lipinski definition) is 2. The average Bonchev–Trinajstić information content (AvgIpc) is 3.25. The first-order chi connectivity index (χ1) is 17.5. The maximum Gasteiger partial charge on any atom is 0.274 e. The number of azo groups is 2. The molecular weight excluding hydrogens is 519 g/mol. The normalized spacial score (nSPS) is 12.3. The minimum Gasteiger partial charge on any atom is -0.493 e. The summed E-state index contributed by atoms with van der Waals surface area (Å²) in [7, 11) is 0. The molecule has 2 amide bonds. The van der Waals surface area contributed by atoms with E-state index < -0.39 is 18.2 Å². The van der Waals surface area contributed by atoms with Crippen LogP contribution < -0.4 is 0 Å². The van der Waals surface area contributed by atoms with E-state index in [1.54, 1.807) is 45.5 Å². The summed E-state index contributed by atoms with van der Waals surface area (Å²) >= 11 is 12.2. The number of nitrogens with zero attached hydrogens (tertiary/aromatic N) is 6. The van der Waals surface area contributed by atoms with Crippen LogP contribution in [0.5, 0.6) is 11.8 Å². The maximum atomic E-state index is 12.3. The van der Waals surface area contributed by atoms with E-state index in [0.29, 0.717) is 31.9 Å². The number of hydrogen-bond acceptors (Lipinski definition) is 6. The highest BCUT2D eigenvalue weighted by Crippen LogP contribution is 2.43. The highest BCUT2D eigenvalue weighted by molar-refractivity contribution is 6.32. The Hall–Kier alpha value is -3.76. The molecule has 4 rings (SSSR count). The Labute approximate surface area is 221 Å². The first-order valence-electron chi connectivity index (χ1n) is 11.4. The molecule has 2 aromatic heterocycles. The third-order valence-corrected chi connectivity index (χ3v) is 6.16. The summed E-state index contributed by atoms with van der Waals surface area (Å²) in [6.45, 7) is 7.53. The molecule has 0 aliphatic heterocycles. The van der Waals surface area contributed by atoms with Gasteiger partial charge < -0.3 is 19.3 Å². The van der Waals surface area contributed by atoms with Gasteiger partial charge in [-0.05, 0) is 64.1 Å². The van der Waals surface area contributed by atoms with Crippen molar-refractivity contribution in [3.63, 3.8) is 0 Å². The molecule has 0 bridgehead atoms. The van der Waals surface area contributed by atoms with Crippen molar-refractivity contribution in [3.05, 3.63) is 46.4 Å². The lowest BCUT2D eigenvalue weighted by molar-refractivity contribution is -0.126. The van der Waals surface area contributed by atoms with Crippen molar-refractivity contribution in [1.29, 1.82) is 0 Å². The molecule has 0 saturated heterocycles. The fraction of sp³-hybridized carbons (Fsp3) is 0.280. The Morgan fingerprint density at radius 3 is 1.49 bits per heavy atom. The third-order valence-electron chi connectivity index (χ3n) is 5.68. The first kappa shape index (κ1) is 26.3. The van der Waals surface area contributed by atoms with Crippen LogP contribution in [0.25, 0.3) is 21.8 Å². The Balaban J connectivity index is 1.57. The molecule has 12 heteroatoms. The third kappa shape index (κ3) is 5.07. The van der Waals surface area contributed by atoms with Crippen LogP contribution in [0.3, 0.4) is 0 Å². The zero-order chi connectivity index (χ0) is 27.0. The number of benzene rings is 2. The van der Waals surface area contributed by atoms with Gasteiger partial charge >= 0.3 is 0 Å². The van der Waals surface area contributed by atoms with Gasteiger partial charge in [-0.25, -0.2) is 0 Å². The van der Waals surface area contributed by atoms with Crippen LogP contribution in [-0.4, -0.2) is 31.2 Å². The summed E-state index contributed by atoms with van der Waals surface area (Å²) in [6.07, 6.45) is -0.707. The lowest BCUT2D eigenvalue weighted by Crippen LogP contribution is -2.01. The molecule has 2 N–H and O–H groups in total. The number of amides is 2. The second-order valence-corrected chi connectivity index (χ2v) is 9.83. The first-order valence-corrected chi connectivity index (χ1v) is 12.2. The lowest BCUT2D eigenvalue weighted by atomic mass is 10.2. The quantitative estimate of drug-likeness (QED) is 0.190. The van der Waals surface area contributed by atoms with E-state index in [0.717, 1.165) is 0 Å². The predicted octanol–water partition coefficient (Wildman–Crippen LogP) is 7.79. The molecule has 37 heavy (non-hydrogen) atoms. The largest absolute Gasteiger partial charge is 0.493 e. The van der Waals surface area contributed by atoms with Gasteiger partial charge in [0.15, 0.2) is 11.4 Å². The van der Waals surface area contributed by atoms with Crippen molar-refractivity contribution in [2.24, 2.45) is 20.5 Å². The van der Waals surface area contributed by atoms with Crippen LogP contribution >= 0.6 is 23.2 Å². The van der Waals surface area contributed by atoms with Gasteiger partial charge in [-0.3, -0.25) is 9.59 Å². The van der Waals surface area contributed by atoms with E-state index in [-0.39, 0.29) is 35.2 Å².